The van der Waals surface area contributed by atoms with Crippen molar-refractivity contribution in [3.05, 3.63) is 35.4 Å². The number of carbonyl (C=O) groups is 1. The Kier molecular flexibility index (Phi) is 4.19. The number of carboxylic acid groups (broad SMARTS) is 1. The van der Waals surface area contributed by atoms with Crippen molar-refractivity contribution in [1.29, 1.82) is 5.26 Å². The van der Waals surface area contributed by atoms with E-state index in [0.29, 0.717) is 0 Å². The first kappa shape index (κ1) is 15.3. The lowest BCUT2D eigenvalue weighted by molar-refractivity contribution is -0.168. The van der Waals surface area contributed by atoms with Crippen molar-refractivity contribution in [2.75, 3.05) is 6.54 Å². The molecule has 4 nitrogen and oxygen atoms in total. The molecule has 21 heavy (non-hydrogen) atoms. The fourth-order valence-electron chi connectivity index (χ4n) is 2.46. The first-order valence-electron chi connectivity index (χ1n) is 6.33. The van der Waals surface area contributed by atoms with E-state index >= 15 is 0 Å². The number of rotatable bonds is 3. The summed E-state index contributed by atoms with van der Waals surface area (Å²) in [5.41, 5.74) is 1.62. The van der Waals surface area contributed by atoms with Gasteiger partial charge < -0.3 is 5.11 Å². The highest BCUT2D eigenvalue weighted by Crippen LogP contribution is 2.30. The highest BCUT2D eigenvalue weighted by atomic mass is 19.4. The van der Waals surface area contributed by atoms with Crippen molar-refractivity contribution >= 4 is 5.97 Å². The van der Waals surface area contributed by atoms with E-state index in [1.807, 2.05) is 0 Å². The van der Waals surface area contributed by atoms with Gasteiger partial charge in [0.25, 0.3) is 0 Å². The summed E-state index contributed by atoms with van der Waals surface area (Å²) in [5.74, 6) is -3.37. The van der Waals surface area contributed by atoms with Gasteiger partial charge in [-0.3, -0.25) is 9.69 Å². The van der Waals surface area contributed by atoms with Crippen molar-refractivity contribution in [2.24, 2.45) is 5.92 Å². The van der Waals surface area contributed by atoms with Gasteiger partial charge in [-0.25, -0.2) is 0 Å². The molecule has 0 spiro atoms. The monoisotopic (exact) mass is 298 g/mol. The summed E-state index contributed by atoms with van der Waals surface area (Å²) in [6.45, 7) is -0.535. The van der Waals surface area contributed by atoms with Gasteiger partial charge in [0.1, 0.15) is 6.04 Å². The van der Waals surface area contributed by atoms with Gasteiger partial charge in [-0.15, -0.1) is 0 Å². The number of benzene rings is 1. The van der Waals surface area contributed by atoms with Crippen LogP contribution in [-0.4, -0.2) is 34.7 Å². The quantitative estimate of drug-likeness (QED) is 0.929. The predicted octanol–water partition coefficient (Wildman–Crippen LogP) is 2.20. The maximum absolute atomic E-state index is 12.7. The molecule has 0 bridgehead atoms. The molecule has 1 aromatic rings. The van der Waals surface area contributed by atoms with E-state index in [4.69, 9.17) is 5.26 Å². The molecule has 1 N–H and O–H groups in total. The number of nitrogens with zero attached hydrogens (tertiary/aromatic N) is 2. The molecule has 1 heterocycles. The molecular weight excluding hydrogens is 285 g/mol. The number of aliphatic carboxylic acids is 1. The minimum absolute atomic E-state index is 0.0986. The fraction of sp³-hybridized carbons (Fsp3) is 0.429. The second kappa shape index (κ2) is 5.74. The Balaban J connectivity index is 2.25. The molecule has 2 unspecified atom stereocenters. The second-order valence-corrected chi connectivity index (χ2v) is 4.98. The van der Waals surface area contributed by atoms with E-state index in [1.54, 1.807) is 24.3 Å². The van der Waals surface area contributed by atoms with Crippen LogP contribution in [0.25, 0.3) is 0 Å². The van der Waals surface area contributed by atoms with Crippen LogP contribution in [0.2, 0.25) is 0 Å². The topological polar surface area (TPSA) is 64.3 Å². The van der Waals surface area contributed by atoms with Crippen LogP contribution in [0.1, 0.15) is 11.1 Å². The lowest BCUT2D eigenvalue weighted by Gasteiger charge is -2.35. The second-order valence-electron chi connectivity index (χ2n) is 4.98. The molecule has 0 aromatic heterocycles. The molecule has 0 radical (unpaired) electrons. The molecule has 7 heteroatoms. The summed E-state index contributed by atoms with van der Waals surface area (Å²) < 4.78 is 38.1. The molecule has 1 aromatic carbocycles. The van der Waals surface area contributed by atoms with Crippen molar-refractivity contribution in [3.8, 4) is 6.07 Å². The third-order valence-electron chi connectivity index (χ3n) is 3.60. The average Bonchev–Trinajstić information content (AvgIpc) is 2.42. The van der Waals surface area contributed by atoms with Gasteiger partial charge in [-0.1, -0.05) is 24.3 Å². The zero-order valence-corrected chi connectivity index (χ0v) is 11.0. The standard InChI is InChI=1S/C14H13F3N2O2/c15-14(16,17)11(6-18)8-19-7-10-4-2-1-3-9(10)5-12(19)13(20)21/h1-4,11-12H,5,7-8H2,(H,20,21). The summed E-state index contributed by atoms with van der Waals surface area (Å²) in [7, 11) is 0. The SMILES string of the molecule is N#CC(CN1Cc2ccccc2CC1C(=O)O)C(F)(F)F. The van der Waals surface area contributed by atoms with E-state index in [-0.39, 0.29) is 13.0 Å². The number of fused-ring (bicyclic) bond motifs is 1. The molecule has 0 saturated carbocycles. The van der Waals surface area contributed by atoms with Crippen LogP contribution >= 0.6 is 0 Å². The molecule has 2 atom stereocenters. The number of carboxylic acids is 1. The zero-order valence-electron chi connectivity index (χ0n) is 11.0. The Bertz CT molecular complexity index is 580. The van der Waals surface area contributed by atoms with Crippen molar-refractivity contribution in [3.63, 3.8) is 0 Å². The van der Waals surface area contributed by atoms with E-state index in [9.17, 15) is 23.1 Å². The number of hydrogen-bond acceptors (Lipinski definition) is 3. The smallest absolute Gasteiger partial charge is 0.405 e. The third kappa shape index (κ3) is 3.34. The van der Waals surface area contributed by atoms with E-state index in [2.05, 4.69) is 0 Å². The highest BCUT2D eigenvalue weighted by Gasteiger charge is 2.43. The molecule has 1 aliphatic rings. The summed E-state index contributed by atoms with van der Waals surface area (Å²) >= 11 is 0. The Morgan fingerprint density at radius 2 is 2.05 bits per heavy atom. The summed E-state index contributed by atoms with van der Waals surface area (Å²) in [6.07, 6.45) is -4.52. The summed E-state index contributed by atoms with van der Waals surface area (Å²) in [6, 6.07) is 7.22. The lowest BCUT2D eigenvalue weighted by atomic mass is 9.93. The Hall–Kier alpha value is -2.07. The van der Waals surface area contributed by atoms with Crippen LogP contribution in [0.15, 0.2) is 24.3 Å². The Morgan fingerprint density at radius 3 is 2.57 bits per heavy atom. The molecular formula is C14H13F3N2O2. The van der Waals surface area contributed by atoms with Crippen LogP contribution in [0.3, 0.4) is 0 Å². The highest BCUT2D eigenvalue weighted by molar-refractivity contribution is 5.74. The van der Waals surface area contributed by atoms with E-state index < -0.39 is 30.7 Å². The largest absolute Gasteiger partial charge is 0.480 e. The summed E-state index contributed by atoms with van der Waals surface area (Å²) in [4.78, 5) is 12.5. The van der Waals surface area contributed by atoms with Gasteiger partial charge in [0.2, 0.25) is 0 Å². The number of alkyl halides is 3. The Morgan fingerprint density at radius 1 is 1.43 bits per heavy atom. The maximum atomic E-state index is 12.7. The normalized spacial score (nSPS) is 20.4. The molecule has 2 rings (SSSR count). The van der Waals surface area contributed by atoms with Crippen molar-refractivity contribution < 1.29 is 23.1 Å². The predicted molar refractivity (Wildman–Crippen MR) is 67.1 cm³/mol. The molecule has 0 saturated heterocycles. The van der Waals surface area contributed by atoms with Crippen LogP contribution in [0.4, 0.5) is 13.2 Å². The number of hydrogen-bond donors (Lipinski definition) is 1. The van der Waals surface area contributed by atoms with Crippen LogP contribution < -0.4 is 0 Å². The lowest BCUT2D eigenvalue weighted by Crippen LogP contribution is -2.49. The molecule has 0 amide bonds. The van der Waals surface area contributed by atoms with Crippen molar-refractivity contribution in [2.45, 2.75) is 25.2 Å². The zero-order chi connectivity index (χ0) is 15.6. The van der Waals surface area contributed by atoms with Crippen molar-refractivity contribution in [1.82, 2.24) is 4.90 Å². The van der Waals surface area contributed by atoms with Crippen LogP contribution in [0, 0.1) is 17.2 Å². The van der Waals surface area contributed by atoms with Gasteiger partial charge in [0.05, 0.1) is 6.07 Å². The van der Waals surface area contributed by atoms with Crippen LogP contribution in [-0.2, 0) is 17.8 Å². The van der Waals surface area contributed by atoms with E-state index in [0.717, 1.165) is 11.1 Å². The Labute approximate surface area is 119 Å². The first-order valence-corrected chi connectivity index (χ1v) is 6.33. The number of nitriles is 1. The molecule has 1 aliphatic heterocycles. The van der Waals surface area contributed by atoms with Gasteiger partial charge >= 0.3 is 12.1 Å². The minimum atomic E-state index is -4.66. The van der Waals surface area contributed by atoms with Gasteiger partial charge in [0.15, 0.2) is 5.92 Å². The summed E-state index contributed by atoms with van der Waals surface area (Å²) in [5, 5.41) is 17.9. The van der Waals surface area contributed by atoms with Crippen LogP contribution in [0.5, 0.6) is 0 Å². The van der Waals surface area contributed by atoms with Gasteiger partial charge in [-0.05, 0) is 17.5 Å². The van der Waals surface area contributed by atoms with Gasteiger partial charge in [-0.2, -0.15) is 18.4 Å². The molecule has 112 valence electrons. The average molecular weight is 298 g/mol. The fourth-order valence-corrected chi connectivity index (χ4v) is 2.46. The minimum Gasteiger partial charge on any atom is -0.480 e. The number of halogens is 3. The molecule has 0 aliphatic carbocycles. The van der Waals surface area contributed by atoms with E-state index in [1.165, 1.54) is 11.0 Å². The molecule has 0 fully saturated rings. The first-order chi connectivity index (χ1) is 9.82. The third-order valence-corrected chi connectivity index (χ3v) is 3.60. The van der Waals surface area contributed by atoms with Gasteiger partial charge in [0, 0.05) is 13.1 Å². The maximum Gasteiger partial charge on any atom is 0.405 e.